The predicted molar refractivity (Wildman–Crippen MR) is 60.4 cm³/mol. The second-order valence-electron chi connectivity index (χ2n) is 3.21. The minimum atomic E-state index is 0.848. The van der Waals surface area contributed by atoms with E-state index in [4.69, 9.17) is 17.0 Å². The summed E-state index contributed by atoms with van der Waals surface area (Å²) in [6.07, 6.45) is 1.87. The highest BCUT2D eigenvalue weighted by atomic mass is 32.1. The number of nitrogens with one attached hydrogen (secondary N) is 1. The third-order valence-corrected chi connectivity index (χ3v) is 2.63. The van der Waals surface area contributed by atoms with Crippen molar-refractivity contribution < 1.29 is 4.74 Å². The van der Waals surface area contributed by atoms with Gasteiger partial charge in [-0.05, 0) is 30.7 Å². The first-order valence-electron chi connectivity index (χ1n) is 4.38. The number of hydrogen-bond donors (Lipinski definition) is 1. The molecule has 0 aliphatic rings. The molecule has 1 aromatic heterocycles. The number of pyridine rings is 1. The molecule has 2 nitrogen and oxygen atoms in total. The summed E-state index contributed by atoms with van der Waals surface area (Å²) in [4.78, 5) is 3.19. The van der Waals surface area contributed by atoms with Crippen LogP contribution in [-0.4, -0.2) is 12.1 Å². The zero-order valence-electron chi connectivity index (χ0n) is 8.13. The average molecular weight is 205 g/mol. The van der Waals surface area contributed by atoms with Gasteiger partial charge < -0.3 is 9.72 Å². The Balaban J connectivity index is 2.91. The summed E-state index contributed by atoms with van der Waals surface area (Å²) in [6.45, 7) is 2.04. The lowest BCUT2D eigenvalue weighted by Gasteiger charge is -2.05. The highest BCUT2D eigenvalue weighted by Gasteiger charge is 2.01. The number of fused-ring (bicyclic) bond motifs is 1. The largest absolute Gasteiger partial charge is 0.497 e. The molecule has 1 N–H and O–H groups in total. The zero-order valence-corrected chi connectivity index (χ0v) is 8.94. The third-order valence-electron chi connectivity index (χ3n) is 2.27. The molecule has 0 saturated carbocycles. The Bertz CT molecular complexity index is 530. The third kappa shape index (κ3) is 1.40. The maximum atomic E-state index is 5.25. The number of aryl methyl sites for hydroxylation is 1. The molecule has 0 aliphatic carbocycles. The Morgan fingerprint density at radius 3 is 2.86 bits per heavy atom. The summed E-state index contributed by atoms with van der Waals surface area (Å²) in [5.74, 6) is 0.848. The number of rotatable bonds is 1. The Labute approximate surface area is 87.5 Å². The van der Waals surface area contributed by atoms with Crippen LogP contribution in [0, 0.1) is 11.4 Å². The second-order valence-corrected chi connectivity index (χ2v) is 3.65. The van der Waals surface area contributed by atoms with Crippen molar-refractivity contribution in [2.24, 2.45) is 0 Å². The summed E-state index contributed by atoms with van der Waals surface area (Å²) < 4.78 is 6.05. The van der Waals surface area contributed by atoms with Crippen LogP contribution in [0.15, 0.2) is 24.4 Å². The summed E-state index contributed by atoms with van der Waals surface area (Å²) in [7, 11) is 1.66. The summed E-state index contributed by atoms with van der Waals surface area (Å²) in [5.41, 5.74) is 2.23. The van der Waals surface area contributed by atoms with Crippen LogP contribution in [0.5, 0.6) is 5.75 Å². The molecule has 2 rings (SSSR count). The van der Waals surface area contributed by atoms with Gasteiger partial charge in [-0.1, -0.05) is 12.2 Å². The van der Waals surface area contributed by atoms with E-state index in [2.05, 4.69) is 4.98 Å². The number of methoxy groups -OCH3 is 1. The molecule has 0 aliphatic heterocycles. The van der Waals surface area contributed by atoms with Crippen molar-refractivity contribution in [3.05, 3.63) is 34.5 Å². The molecule has 0 saturated heterocycles. The van der Waals surface area contributed by atoms with Crippen LogP contribution < -0.4 is 4.74 Å². The molecule has 2 aromatic rings. The van der Waals surface area contributed by atoms with Crippen LogP contribution in [0.1, 0.15) is 5.56 Å². The lowest BCUT2D eigenvalue weighted by atomic mass is 10.1. The van der Waals surface area contributed by atoms with E-state index < -0.39 is 0 Å². The van der Waals surface area contributed by atoms with Gasteiger partial charge in [0.2, 0.25) is 0 Å². The van der Waals surface area contributed by atoms with Gasteiger partial charge in [-0.2, -0.15) is 0 Å². The van der Waals surface area contributed by atoms with Gasteiger partial charge in [0.15, 0.2) is 0 Å². The first-order chi connectivity index (χ1) is 6.72. The molecule has 72 valence electrons. The number of benzene rings is 1. The molecule has 0 bridgehead atoms. The van der Waals surface area contributed by atoms with E-state index in [1.54, 1.807) is 7.11 Å². The molecule has 3 heteroatoms. The molecule has 0 atom stereocenters. The van der Waals surface area contributed by atoms with Crippen molar-refractivity contribution >= 4 is 23.1 Å². The number of H-pyrrole nitrogens is 1. The number of aromatic nitrogens is 1. The normalized spacial score (nSPS) is 10.4. The Kier molecular flexibility index (Phi) is 2.25. The minimum Gasteiger partial charge on any atom is -0.497 e. The van der Waals surface area contributed by atoms with Gasteiger partial charge in [-0.3, -0.25) is 0 Å². The number of hydrogen-bond acceptors (Lipinski definition) is 2. The monoisotopic (exact) mass is 205 g/mol. The lowest BCUT2D eigenvalue weighted by molar-refractivity contribution is 0.415. The van der Waals surface area contributed by atoms with Crippen molar-refractivity contribution in [1.82, 2.24) is 4.98 Å². The molecule has 0 unspecified atom stereocenters. The Hall–Kier alpha value is -1.35. The zero-order chi connectivity index (χ0) is 10.1. The quantitative estimate of drug-likeness (QED) is 0.723. The maximum absolute atomic E-state index is 5.25. The standard InChI is InChI=1S/C11H11NOS/c1-7-5-8(13-2)6-9-10(14)3-4-12-11(7)9/h3-6H,1-2H3,(H,12,14). The van der Waals surface area contributed by atoms with E-state index in [9.17, 15) is 0 Å². The number of ether oxygens (including phenoxy) is 1. The smallest absolute Gasteiger partial charge is 0.119 e. The van der Waals surface area contributed by atoms with E-state index in [1.807, 2.05) is 31.3 Å². The molecule has 1 aromatic carbocycles. The fourth-order valence-electron chi connectivity index (χ4n) is 1.55. The van der Waals surface area contributed by atoms with E-state index in [0.717, 1.165) is 26.7 Å². The Morgan fingerprint density at radius 2 is 2.14 bits per heavy atom. The van der Waals surface area contributed by atoms with Crippen LogP contribution in [0.4, 0.5) is 0 Å². The van der Waals surface area contributed by atoms with Crippen LogP contribution in [0.25, 0.3) is 10.9 Å². The topological polar surface area (TPSA) is 25.0 Å². The second kappa shape index (κ2) is 3.42. The first kappa shape index (κ1) is 9.21. The van der Waals surface area contributed by atoms with Gasteiger partial charge in [0.1, 0.15) is 5.75 Å². The van der Waals surface area contributed by atoms with E-state index in [-0.39, 0.29) is 0 Å². The van der Waals surface area contributed by atoms with E-state index >= 15 is 0 Å². The molecule has 14 heavy (non-hydrogen) atoms. The first-order valence-corrected chi connectivity index (χ1v) is 4.79. The highest BCUT2D eigenvalue weighted by molar-refractivity contribution is 7.71. The fraction of sp³-hybridized carbons (Fsp3) is 0.182. The van der Waals surface area contributed by atoms with Gasteiger partial charge in [-0.25, -0.2) is 0 Å². The molecule has 0 amide bonds. The molecular weight excluding hydrogens is 194 g/mol. The van der Waals surface area contributed by atoms with Gasteiger partial charge in [-0.15, -0.1) is 0 Å². The maximum Gasteiger partial charge on any atom is 0.119 e. The average Bonchev–Trinajstić information content (AvgIpc) is 2.19. The summed E-state index contributed by atoms with van der Waals surface area (Å²) >= 11 is 5.25. The molecule has 0 radical (unpaired) electrons. The van der Waals surface area contributed by atoms with Crippen molar-refractivity contribution in [2.75, 3.05) is 7.11 Å². The lowest BCUT2D eigenvalue weighted by Crippen LogP contribution is -1.88. The molecular formula is C11H11NOS. The SMILES string of the molecule is COc1cc(C)c2[nH]ccc(=S)c2c1. The predicted octanol–water partition coefficient (Wildman–Crippen LogP) is 3.21. The van der Waals surface area contributed by atoms with Crippen molar-refractivity contribution in [2.45, 2.75) is 6.92 Å². The van der Waals surface area contributed by atoms with Gasteiger partial charge in [0, 0.05) is 21.6 Å². The van der Waals surface area contributed by atoms with Crippen molar-refractivity contribution in [3.63, 3.8) is 0 Å². The van der Waals surface area contributed by atoms with E-state index in [1.165, 1.54) is 0 Å². The summed E-state index contributed by atoms with van der Waals surface area (Å²) in [5, 5.41) is 1.04. The minimum absolute atomic E-state index is 0.848. The van der Waals surface area contributed by atoms with Crippen molar-refractivity contribution in [1.29, 1.82) is 0 Å². The molecule has 0 spiro atoms. The number of aromatic amines is 1. The van der Waals surface area contributed by atoms with Gasteiger partial charge >= 0.3 is 0 Å². The molecule has 0 fully saturated rings. The van der Waals surface area contributed by atoms with Crippen LogP contribution in [0.3, 0.4) is 0 Å². The fourth-order valence-corrected chi connectivity index (χ4v) is 1.78. The van der Waals surface area contributed by atoms with Gasteiger partial charge in [0.05, 0.1) is 7.11 Å². The van der Waals surface area contributed by atoms with E-state index in [0.29, 0.717) is 0 Å². The highest BCUT2D eigenvalue weighted by Crippen LogP contribution is 2.23. The van der Waals surface area contributed by atoms with Gasteiger partial charge in [0.25, 0.3) is 0 Å². The van der Waals surface area contributed by atoms with Crippen LogP contribution >= 0.6 is 12.2 Å². The van der Waals surface area contributed by atoms with Crippen LogP contribution in [-0.2, 0) is 0 Å². The van der Waals surface area contributed by atoms with Crippen LogP contribution in [0.2, 0.25) is 0 Å². The van der Waals surface area contributed by atoms with Crippen molar-refractivity contribution in [3.8, 4) is 5.75 Å². The molecule has 1 heterocycles. The Morgan fingerprint density at radius 1 is 1.36 bits per heavy atom. The summed E-state index contributed by atoms with van der Waals surface area (Å²) in [6, 6.07) is 5.84.